The highest BCUT2D eigenvalue weighted by atomic mass is 19.1. The minimum Gasteiger partial charge on any atom is -0.341 e. The lowest BCUT2D eigenvalue weighted by atomic mass is 9.87. The van der Waals surface area contributed by atoms with Crippen LogP contribution in [0.1, 0.15) is 45.1 Å². The number of hydrogen-bond acceptors (Lipinski definition) is 3. The molecule has 0 bridgehead atoms. The summed E-state index contributed by atoms with van der Waals surface area (Å²) in [7, 11) is 1.74. The van der Waals surface area contributed by atoms with Crippen LogP contribution in [0.15, 0.2) is 24.3 Å². The van der Waals surface area contributed by atoms with Gasteiger partial charge in [0.2, 0.25) is 5.91 Å². The van der Waals surface area contributed by atoms with Crippen molar-refractivity contribution in [2.45, 2.75) is 51.1 Å². The fourth-order valence-electron chi connectivity index (χ4n) is 3.90. The third kappa shape index (κ3) is 3.68. The smallest absolute Gasteiger partial charge is 0.325 e. The lowest BCUT2D eigenvalue weighted by Gasteiger charge is -2.34. The first-order valence-electron chi connectivity index (χ1n) is 9.38. The van der Waals surface area contributed by atoms with Crippen LogP contribution in [0.3, 0.4) is 0 Å². The quantitative estimate of drug-likeness (QED) is 0.823. The third-order valence-electron chi connectivity index (χ3n) is 5.92. The molecule has 1 unspecified atom stereocenters. The molecule has 6 nitrogen and oxygen atoms in total. The molecule has 1 saturated carbocycles. The summed E-state index contributed by atoms with van der Waals surface area (Å²) in [4.78, 5) is 40.5. The van der Waals surface area contributed by atoms with Crippen molar-refractivity contribution in [2.24, 2.45) is 5.92 Å². The molecule has 1 atom stereocenters. The number of nitrogens with zero attached hydrogens (tertiary/aromatic N) is 2. The standard InChI is InChI=1S/C20H26FN3O3/c1-13-4-10-16(11-5-13)23(3)17(25)12-24-18(26)20(2,22-19(24)27)14-6-8-15(21)9-7-14/h6-9,13,16H,4-5,10-12H2,1-3H3,(H,22,27). The summed E-state index contributed by atoms with van der Waals surface area (Å²) in [5.41, 5.74) is -0.823. The number of urea groups is 1. The molecule has 1 aliphatic heterocycles. The molecular weight excluding hydrogens is 349 g/mol. The molecule has 3 rings (SSSR count). The summed E-state index contributed by atoms with van der Waals surface area (Å²) < 4.78 is 13.2. The maximum atomic E-state index is 13.2. The third-order valence-corrected chi connectivity index (χ3v) is 5.92. The summed E-state index contributed by atoms with van der Waals surface area (Å²) in [6.07, 6.45) is 4.04. The highest BCUT2D eigenvalue weighted by molar-refractivity contribution is 6.09. The fraction of sp³-hybridized carbons (Fsp3) is 0.550. The van der Waals surface area contributed by atoms with Crippen LogP contribution in [0.5, 0.6) is 0 Å². The summed E-state index contributed by atoms with van der Waals surface area (Å²) in [5.74, 6) is -0.499. The Bertz CT molecular complexity index is 743. The van der Waals surface area contributed by atoms with Crippen molar-refractivity contribution in [3.63, 3.8) is 0 Å². The monoisotopic (exact) mass is 375 g/mol. The number of halogens is 1. The van der Waals surface area contributed by atoms with Gasteiger partial charge < -0.3 is 10.2 Å². The molecule has 4 amide bonds. The van der Waals surface area contributed by atoms with Crippen LogP contribution in [0.25, 0.3) is 0 Å². The van der Waals surface area contributed by atoms with Crippen molar-refractivity contribution in [1.82, 2.24) is 15.1 Å². The lowest BCUT2D eigenvalue weighted by Crippen LogP contribution is -2.47. The van der Waals surface area contributed by atoms with Gasteiger partial charge in [0.05, 0.1) is 0 Å². The Labute approximate surface area is 158 Å². The second-order valence-corrected chi connectivity index (χ2v) is 7.87. The number of rotatable bonds is 4. The molecule has 146 valence electrons. The Morgan fingerprint density at radius 2 is 1.81 bits per heavy atom. The van der Waals surface area contributed by atoms with Gasteiger partial charge in [-0.25, -0.2) is 9.18 Å². The maximum absolute atomic E-state index is 13.2. The predicted octanol–water partition coefficient (Wildman–Crippen LogP) is 2.63. The van der Waals surface area contributed by atoms with Crippen molar-refractivity contribution in [3.05, 3.63) is 35.6 Å². The second kappa shape index (κ2) is 7.29. The molecule has 0 radical (unpaired) electrons. The molecule has 27 heavy (non-hydrogen) atoms. The molecule has 7 heteroatoms. The molecule has 1 aromatic carbocycles. The van der Waals surface area contributed by atoms with Gasteiger partial charge in [0.15, 0.2) is 0 Å². The summed E-state index contributed by atoms with van der Waals surface area (Å²) in [6.45, 7) is 3.49. The number of benzene rings is 1. The van der Waals surface area contributed by atoms with Crippen LogP contribution in [0, 0.1) is 11.7 Å². The zero-order valence-corrected chi connectivity index (χ0v) is 16.0. The van der Waals surface area contributed by atoms with E-state index in [0.717, 1.165) is 30.6 Å². The number of amides is 4. The number of imide groups is 1. The molecule has 1 N–H and O–H groups in total. The average molecular weight is 375 g/mol. The second-order valence-electron chi connectivity index (χ2n) is 7.87. The van der Waals surface area contributed by atoms with Crippen molar-refractivity contribution in [1.29, 1.82) is 0 Å². The van der Waals surface area contributed by atoms with E-state index in [1.54, 1.807) is 18.9 Å². The van der Waals surface area contributed by atoms with E-state index in [1.807, 2.05) is 0 Å². The van der Waals surface area contributed by atoms with Crippen molar-refractivity contribution in [3.8, 4) is 0 Å². The van der Waals surface area contributed by atoms with E-state index in [-0.39, 0.29) is 18.5 Å². The fourth-order valence-corrected chi connectivity index (χ4v) is 3.90. The lowest BCUT2D eigenvalue weighted by molar-refractivity contribution is -0.139. The van der Waals surface area contributed by atoms with Crippen LogP contribution in [0.2, 0.25) is 0 Å². The molecule has 2 aliphatic rings. The number of likely N-dealkylation sites (N-methyl/N-ethyl adjacent to an activating group) is 1. The van der Waals surface area contributed by atoms with Crippen LogP contribution in [0.4, 0.5) is 9.18 Å². The minimum atomic E-state index is -1.30. The van der Waals surface area contributed by atoms with Gasteiger partial charge in [0, 0.05) is 13.1 Å². The zero-order chi connectivity index (χ0) is 19.8. The van der Waals surface area contributed by atoms with Crippen LogP contribution in [-0.2, 0) is 15.1 Å². The average Bonchev–Trinajstić information content (AvgIpc) is 2.86. The molecular formula is C20H26FN3O3. The van der Waals surface area contributed by atoms with Gasteiger partial charge in [-0.15, -0.1) is 0 Å². The van der Waals surface area contributed by atoms with Gasteiger partial charge in [-0.1, -0.05) is 19.1 Å². The SMILES string of the molecule is CC1CCC(N(C)C(=O)CN2C(=O)NC(C)(c3ccc(F)cc3)C2=O)CC1. The topological polar surface area (TPSA) is 69.7 Å². The molecule has 1 aliphatic carbocycles. The van der Waals surface area contributed by atoms with Crippen molar-refractivity contribution in [2.75, 3.05) is 13.6 Å². The molecule has 0 aromatic heterocycles. The summed E-state index contributed by atoms with van der Waals surface area (Å²) in [6, 6.07) is 4.96. The van der Waals surface area contributed by atoms with E-state index >= 15 is 0 Å². The van der Waals surface area contributed by atoms with Gasteiger partial charge in [0.1, 0.15) is 17.9 Å². The van der Waals surface area contributed by atoms with E-state index < -0.39 is 23.3 Å². The highest BCUT2D eigenvalue weighted by Gasteiger charge is 2.49. The van der Waals surface area contributed by atoms with E-state index in [1.165, 1.54) is 24.3 Å². The molecule has 2 fully saturated rings. The van der Waals surface area contributed by atoms with Gasteiger partial charge in [0.25, 0.3) is 5.91 Å². The molecule has 1 heterocycles. The highest BCUT2D eigenvalue weighted by Crippen LogP contribution is 2.30. The Balaban J connectivity index is 1.70. The normalized spacial score (nSPS) is 28.2. The first-order chi connectivity index (χ1) is 12.7. The Morgan fingerprint density at radius 3 is 2.41 bits per heavy atom. The van der Waals surface area contributed by atoms with E-state index in [2.05, 4.69) is 12.2 Å². The number of nitrogens with one attached hydrogen (secondary N) is 1. The van der Waals surface area contributed by atoms with Gasteiger partial charge >= 0.3 is 6.03 Å². The Hall–Kier alpha value is -2.44. The van der Waals surface area contributed by atoms with Crippen LogP contribution in [-0.4, -0.2) is 47.3 Å². The molecule has 1 aromatic rings. The number of carbonyl (C=O) groups is 3. The first kappa shape index (κ1) is 19.3. The van der Waals surface area contributed by atoms with Gasteiger partial charge in [-0.05, 0) is 56.2 Å². The van der Waals surface area contributed by atoms with Crippen LogP contribution >= 0.6 is 0 Å². The van der Waals surface area contributed by atoms with E-state index in [4.69, 9.17) is 0 Å². The number of carbonyl (C=O) groups excluding carboxylic acids is 3. The maximum Gasteiger partial charge on any atom is 0.325 e. The summed E-state index contributed by atoms with van der Waals surface area (Å²) in [5, 5.41) is 2.64. The van der Waals surface area contributed by atoms with Crippen LogP contribution < -0.4 is 5.32 Å². The minimum absolute atomic E-state index is 0.151. The Morgan fingerprint density at radius 1 is 1.22 bits per heavy atom. The summed E-state index contributed by atoms with van der Waals surface area (Å²) >= 11 is 0. The number of hydrogen-bond donors (Lipinski definition) is 1. The van der Waals surface area contributed by atoms with Crippen molar-refractivity contribution >= 4 is 17.8 Å². The largest absolute Gasteiger partial charge is 0.341 e. The molecule has 0 spiro atoms. The molecule has 1 saturated heterocycles. The van der Waals surface area contributed by atoms with Gasteiger partial charge in [-0.3, -0.25) is 14.5 Å². The van der Waals surface area contributed by atoms with E-state index in [0.29, 0.717) is 11.5 Å². The zero-order valence-electron chi connectivity index (χ0n) is 16.0. The predicted molar refractivity (Wildman–Crippen MR) is 98.2 cm³/mol. The van der Waals surface area contributed by atoms with Gasteiger partial charge in [-0.2, -0.15) is 0 Å². The first-order valence-corrected chi connectivity index (χ1v) is 9.38. The van der Waals surface area contributed by atoms with E-state index in [9.17, 15) is 18.8 Å². The van der Waals surface area contributed by atoms with Crippen molar-refractivity contribution < 1.29 is 18.8 Å². The Kier molecular flexibility index (Phi) is 5.22.